The molecule has 0 amide bonds. The van der Waals surface area contributed by atoms with Crippen molar-refractivity contribution in [3.8, 4) is 11.4 Å². The normalized spacial score (nSPS) is 15.0. The fraction of sp³-hybridized carbons (Fsp3) is 0.200. The van der Waals surface area contributed by atoms with Gasteiger partial charge in [-0.3, -0.25) is 4.79 Å². The number of rotatable bonds is 2. The number of aromatic amines is 2. The molecule has 130 valence electrons. The minimum atomic E-state index is -0.120. The number of anilines is 1. The van der Waals surface area contributed by atoms with E-state index >= 15 is 0 Å². The Morgan fingerprint density at radius 3 is 2.77 bits per heavy atom. The summed E-state index contributed by atoms with van der Waals surface area (Å²) in [7, 11) is 0. The van der Waals surface area contributed by atoms with Crippen molar-refractivity contribution in [2.45, 2.75) is 0 Å². The highest BCUT2D eigenvalue weighted by molar-refractivity contribution is 5.94. The van der Waals surface area contributed by atoms with Gasteiger partial charge in [-0.25, -0.2) is 4.98 Å². The first-order chi connectivity index (χ1) is 12.8. The van der Waals surface area contributed by atoms with Crippen LogP contribution in [0.5, 0.6) is 0 Å². The van der Waals surface area contributed by atoms with Gasteiger partial charge in [0.05, 0.1) is 24.1 Å². The number of hydrogen-bond donors (Lipinski definition) is 2. The topological polar surface area (TPSA) is 74.0 Å². The zero-order valence-corrected chi connectivity index (χ0v) is 14.2. The Bertz CT molecular complexity index is 1160. The van der Waals surface area contributed by atoms with Gasteiger partial charge in [-0.05, 0) is 24.3 Å². The van der Waals surface area contributed by atoms with Crippen molar-refractivity contribution in [3.05, 3.63) is 59.0 Å². The maximum atomic E-state index is 12.7. The van der Waals surface area contributed by atoms with Gasteiger partial charge in [-0.2, -0.15) is 0 Å². The standard InChI is InChI=1S/C20H18N4O2/c25-20-15-11-13(24-7-9-26-10-8-24)5-6-18(15)22-19(23-20)16-12-21-17-4-2-1-3-14(16)17/h1-6,11-12,21H,7-10H2,(H,22,23,25). The van der Waals surface area contributed by atoms with Gasteiger partial charge in [0.25, 0.3) is 5.56 Å². The number of H-pyrrole nitrogens is 2. The summed E-state index contributed by atoms with van der Waals surface area (Å²) in [5.74, 6) is 0.582. The van der Waals surface area contributed by atoms with E-state index in [1.807, 2.05) is 48.7 Å². The van der Waals surface area contributed by atoms with Gasteiger partial charge in [0.2, 0.25) is 0 Å². The number of ether oxygens (including phenoxy) is 1. The molecular formula is C20H18N4O2. The van der Waals surface area contributed by atoms with Crippen LogP contribution in [0.15, 0.2) is 53.5 Å². The quantitative estimate of drug-likeness (QED) is 0.585. The zero-order chi connectivity index (χ0) is 17.5. The molecule has 1 aliphatic rings. The monoisotopic (exact) mass is 346 g/mol. The molecular weight excluding hydrogens is 328 g/mol. The van der Waals surface area contributed by atoms with Crippen LogP contribution in [-0.4, -0.2) is 41.3 Å². The van der Waals surface area contributed by atoms with Crippen LogP contribution in [-0.2, 0) is 4.74 Å². The van der Waals surface area contributed by atoms with E-state index in [1.165, 1.54) is 0 Å². The number of aromatic nitrogens is 3. The van der Waals surface area contributed by atoms with E-state index in [2.05, 4.69) is 14.9 Å². The van der Waals surface area contributed by atoms with Crippen LogP contribution in [0.25, 0.3) is 33.2 Å². The molecule has 1 aliphatic heterocycles. The number of nitrogens with one attached hydrogen (secondary N) is 2. The molecule has 26 heavy (non-hydrogen) atoms. The van der Waals surface area contributed by atoms with Crippen molar-refractivity contribution in [1.29, 1.82) is 0 Å². The Labute approximate surface area is 149 Å². The van der Waals surface area contributed by atoms with Crippen molar-refractivity contribution < 1.29 is 4.74 Å². The van der Waals surface area contributed by atoms with Crippen LogP contribution in [0.1, 0.15) is 0 Å². The van der Waals surface area contributed by atoms with E-state index in [4.69, 9.17) is 9.72 Å². The molecule has 3 heterocycles. The first-order valence-corrected chi connectivity index (χ1v) is 8.73. The van der Waals surface area contributed by atoms with Crippen LogP contribution in [0, 0.1) is 0 Å². The lowest BCUT2D eigenvalue weighted by atomic mass is 10.1. The maximum absolute atomic E-state index is 12.7. The molecule has 0 atom stereocenters. The van der Waals surface area contributed by atoms with Gasteiger partial charge in [0, 0.05) is 41.4 Å². The molecule has 0 saturated carbocycles. The summed E-state index contributed by atoms with van der Waals surface area (Å²) in [5.41, 5.74) is 3.54. The lowest BCUT2D eigenvalue weighted by Crippen LogP contribution is -2.36. The second-order valence-corrected chi connectivity index (χ2v) is 6.46. The van der Waals surface area contributed by atoms with Crippen LogP contribution in [0.4, 0.5) is 5.69 Å². The molecule has 0 bridgehead atoms. The minimum absolute atomic E-state index is 0.120. The largest absolute Gasteiger partial charge is 0.378 e. The Morgan fingerprint density at radius 2 is 1.88 bits per heavy atom. The summed E-state index contributed by atoms with van der Waals surface area (Å²) in [6.45, 7) is 3.10. The van der Waals surface area contributed by atoms with Crippen LogP contribution in [0.3, 0.4) is 0 Å². The highest BCUT2D eigenvalue weighted by Crippen LogP contribution is 2.27. The van der Waals surface area contributed by atoms with Gasteiger partial charge in [0.15, 0.2) is 0 Å². The Kier molecular flexibility index (Phi) is 3.50. The van der Waals surface area contributed by atoms with Crippen molar-refractivity contribution >= 4 is 27.5 Å². The summed E-state index contributed by atoms with van der Waals surface area (Å²) < 4.78 is 5.40. The molecule has 6 heteroatoms. The molecule has 5 rings (SSSR count). The molecule has 2 N–H and O–H groups in total. The number of fused-ring (bicyclic) bond motifs is 2. The smallest absolute Gasteiger partial charge is 0.259 e. The van der Waals surface area contributed by atoms with E-state index < -0.39 is 0 Å². The average Bonchev–Trinajstić information content (AvgIpc) is 3.12. The average molecular weight is 346 g/mol. The lowest BCUT2D eigenvalue weighted by molar-refractivity contribution is 0.122. The van der Waals surface area contributed by atoms with E-state index in [1.54, 1.807) is 0 Å². The third-order valence-electron chi connectivity index (χ3n) is 4.91. The molecule has 6 nitrogen and oxygen atoms in total. The predicted molar refractivity (Wildman–Crippen MR) is 103 cm³/mol. The van der Waals surface area contributed by atoms with Crippen molar-refractivity contribution in [2.24, 2.45) is 0 Å². The fourth-order valence-corrected chi connectivity index (χ4v) is 3.54. The summed E-state index contributed by atoms with van der Waals surface area (Å²) in [6.07, 6.45) is 1.89. The third-order valence-corrected chi connectivity index (χ3v) is 4.91. The van der Waals surface area contributed by atoms with Crippen LogP contribution >= 0.6 is 0 Å². The summed E-state index contributed by atoms with van der Waals surface area (Å²) in [6, 6.07) is 13.9. The molecule has 4 aromatic rings. The summed E-state index contributed by atoms with van der Waals surface area (Å²) in [5, 5.41) is 1.65. The molecule has 1 saturated heterocycles. The predicted octanol–water partition coefficient (Wildman–Crippen LogP) is 2.91. The van der Waals surface area contributed by atoms with Gasteiger partial charge in [-0.1, -0.05) is 18.2 Å². The van der Waals surface area contributed by atoms with E-state index in [-0.39, 0.29) is 5.56 Å². The fourth-order valence-electron chi connectivity index (χ4n) is 3.54. The van der Waals surface area contributed by atoms with Crippen molar-refractivity contribution in [1.82, 2.24) is 15.0 Å². The molecule has 0 spiro atoms. The van der Waals surface area contributed by atoms with Gasteiger partial charge in [0.1, 0.15) is 5.82 Å². The number of nitrogens with zero attached hydrogens (tertiary/aromatic N) is 2. The lowest BCUT2D eigenvalue weighted by Gasteiger charge is -2.28. The first-order valence-electron chi connectivity index (χ1n) is 8.73. The van der Waals surface area contributed by atoms with E-state index in [9.17, 15) is 4.79 Å². The van der Waals surface area contributed by atoms with Gasteiger partial charge < -0.3 is 19.6 Å². The van der Waals surface area contributed by atoms with Crippen molar-refractivity contribution in [3.63, 3.8) is 0 Å². The van der Waals surface area contributed by atoms with E-state index in [0.29, 0.717) is 29.9 Å². The van der Waals surface area contributed by atoms with Gasteiger partial charge in [-0.15, -0.1) is 0 Å². The Morgan fingerprint density at radius 1 is 1.04 bits per heavy atom. The zero-order valence-electron chi connectivity index (χ0n) is 14.2. The summed E-state index contributed by atoms with van der Waals surface area (Å²) >= 11 is 0. The third kappa shape index (κ3) is 2.46. The SMILES string of the molecule is O=c1[nH]c(-c2c[nH]c3ccccc23)nc2ccc(N3CCOCC3)cc12. The number of para-hydroxylation sites is 1. The molecule has 0 unspecified atom stereocenters. The Balaban J connectivity index is 1.62. The van der Waals surface area contributed by atoms with E-state index in [0.717, 1.165) is 35.2 Å². The van der Waals surface area contributed by atoms with Crippen LogP contribution < -0.4 is 10.5 Å². The van der Waals surface area contributed by atoms with Crippen LogP contribution in [0.2, 0.25) is 0 Å². The molecule has 0 aliphatic carbocycles. The van der Waals surface area contributed by atoms with Crippen molar-refractivity contribution in [2.75, 3.05) is 31.2 Å². The minimum Gasteiger partial charge on any atom is -0.378 e. The highest BCUT2D eigenvalue weighted by atomic mass is 16.5. The second kappa shape index (κ2) is 6.00. The molecule has 0 radical (unpaired) electrons. The number of hydrogen-bond acceptors (Lipinski definition) is 4. The summed E-state index contributed by atoms with van der Waals surface area (Å²) in [4.78, 5) is 25.8. The number of morpholine rings is 1. The first kappa shape index (κ1) is 15.2. The molecule has 1 fully saturated rings. The second-order valence-electron chi connectivity index (χ2n) is 6.46. The Hall–Kier alpha value is -3.12. The number of benzene rings is 2. The highest BCUT2D eigenvalue weighted by Gasteiger charge is 2.14. The molecule has 2 aromatic heterocycles. The molecule has 2 aromatic carbocycles. The maximum Gasteiger partial charge on any atom is 0.259 e. The van der Waals surface area contributed by atoms with Gasteiger partial charge >= 0.3 is 0 Å².